The fraction of sp³-hybridized carbons (Fsp3) is 0.364. The van der Waals surface area contributed by atoms with E-state index in [0.717, 1.165) is 24.4 Å². The van der Waals surface area contributed by atoms with Crippen molar-refractivity contribution in [2.24, 2.45) is 0 Å². The molecule has 1 atom stereocenters. The van der Waals surface area contributed by atoms with E-state index >= 15 is 0 Å². The average molecular weight is 379 g/mol. The van der Waals surface area contributed by atoms with Crippen molar-refractivity contribution in [2.45, 2.75) is 32.2 Å². The number of furan rings is 1. The summed E-state index contributed by atoms with van der Waals surface area (Å²) in [5, 5.41) is 6.94. The first kappa shape index (κ1) is 18.5. The Labute approximate surface area is 164 Å². The minimum absolute atomic E-state index is 0.0303. The number of hydrogen-bond donors (Lipinski definition) is 1. The fourth-order valence-electron chi connectivity index (χ4n) is 3.64. The number of rotatable bonds is 6. The molecular weight excluding hydrogens is 354 g/mol. The largest absolute Gasteiger partial charge is 0.468 e. The summed E-state index contributed by atoms with van der Waals surface area (Å²) in [5.74, 6) is 1.22. The smallest absolute Gasteiger partial charge is 0.273 e. The fourth-order valence-corrected chi connectivity index (χ4v) is 3.64. The van der Waals surface area contributed by atoms with Crippen LogP contribution in [0, 0.1) is 6.92 Å². The van der Waals surface area contributed by atoms with Crippen LogP contribution >= 0.6 is 0 Å². The molecule has 2 aromatic heterocycles. The molecule has 3 aromatic rings. The van der Waals surface area contributed by atoms with E-state index in [1.807, 2.05) is 43.3 Å². The van der Waals surface area contributed by atoms with E-state index in [9.17, 15) is 4.79 Å². The van der Waals surface area contributed by atoms with Crippen molar-refractivity contribution >= 4 is 5.91 Å². The molecule has 0 bridgehead atoms. The molecular formula is C22H25N3O3. The van der Waals surface area contributed by atoms with E-state index in [4.69, 9.17) is 8.94 Å². The third-order valence-electron chi connectivity index (χ3n) is 5.24. The van der Waals surface area contributed by atoms with Crippen LogP contribution in [0.25, 0.3) is 11.3 Å². The molecule has 1 amide bonds. The van der Waals surface area contributed by atoms with Gasteiger partial charge in [-0.1, -0.05) is 41.4 Å². The second-order valence-electron chi connectivity index (χ2n) is 7.28. The van der Waals surface area contributed by atoms with Gasteiger partial charge in [0, 0.05) is 18.2 Å². The number of aryl methyl sites for hydroxylation is 1. The van der Waals surface area contributed by atoms with Gasteiger partial charge in [0.25, 0.3) is 5.91 Å². The molecule has 0 saturated carbocycles. The van der Waals surface area contributed by atoms with Gasteiger partial charge in [-0.05, 0) is 45.0 Å². The molecule has 6 heteroatoms. The molecule has 1 unspecified atom stereocenters. The second-order valence-corrected chi connectivity index (χ2v) is 7.28. The molecule has 1 N–H and O–H groups in total. The number of carbonyl (C=O) groups is 1. The number of amides is 1. The van der Waals surface area contributed by atoms with Crippen LogP contribution in [-0.2, 0) is 0 Å². The Morgan fingerprint density at radius 3 is 2.68 bits per heavy atom. The number of piperidine rings is 1. The number of nitrogens with one attached hydrogen (secondary N) is 1. The highest BCUT2D eigenvalue weighted by atomic mass is 16.5. The van der Waals surface area contributed by atoms with Crippen LogP contribution in [0.4, 0.5) is 0 Å². The van der Waals surface area contributed by atoms with Gasteiger partial charge < -0.3 is 14.3 Å². The summed E-state index contributed by atoms with van der Waals surface area (Å²) in [6, 6.07) is 13.5. The Morgan fingerprint density at radius 2 is 1.96 bits per heavy atom. The first-order chi connectivity index (χ1) is 13.7. The van der Waals surface area contributed by atoms with Gasteiger partial charge in [-0.2, -0.15) is 0 Å². The summed E-state index contributed by atoms with van der Waals surface area (Å²) in [4.78, 5) is 15.0. The number of nitrogens with zero attached hydrogens (tertiary/aromatic N) is 2. The summed E-state index contributed by atoms with van der Waals surface area (Å²) < 4.78 is 11.0. The van der Waals surface area contributed by atoms with Gasteiger partial charge in [0.2, 0.25) is 0 Å². The molecule has 0 radical (unpaired) electrons. The highest BCUT2D eigenvalue weighted by molar-refractivity contribution is 5.93. The number of hydrogen-bond acceptors (Lipinski definition) is 5. The normalized spacial score (nSPS) is 16.0. The van der Waals surface area contributed by atoms with Crippen molar-refractivity contribution in [1.29, 1.82) is 0 Å². The lowest BCUT2D eigenvalue weighted by Crippen LogP contribution is -2.40. The highest BCUT2D eigenvalue weighted by Crippen LogP contribution is 2.25. The zero-order chi connectivity index (χ0) is 19.3. The van der Waals surface area contributed by atoms with Crippen LogP contribution in [0.1, 0.15) is 47.1 Å². The van der Waals surface area contributed by atoms with Crippen molar-refractivity contribution in [3.63, 3.8) is 0 Å². The molecule has 0 aliphatic carbocycles. The van der Waals surface area contributed by atoms with Gasteiger partial charge >= 0.3 is 0 Å². The van der Waals surface area contributed by atoms with Crippen LogP contribution in [-0.4, -0.2) is 35.6 Å². The minimum Gasteiger partial charge on any atom is -0.468 e. The van der Waals surface area contributed by atoms with E-state index in [-0.39, 0.29) is 17.6 Å². The molecule has 1 aliphatic heterocycles. The van der Waals surface area contributed by atoms with Crippen molar-refractivity contribution in [1.82, 2.24) is 15.4 Å². The number of likely N-dealkylation sites (tertiary alicyclic amines) is 1. The van der Waals surface area contributed by atoms with E-state index < -0.39 is 0 Å². The summed E-state index contributed by atoms with van der Waals surface area (Å²) in [5.41, 5.74) is 2.36. The molecule has 0 spiro atoms. The van der Waals surface area contributed by atoms with E-state index in [0.29, 0.717) is 12.3 Å². The lowest BCUT2D eigenvalue weighted by Gasteiger charge is -2.33. The minimum atomic E-state index is -0.240. The molecule has 146 valence electrons. The molecule has 28 heavy (non-hydrogen) atoms. The Hall–Kier alpha value is -2.86. The Kier molecular flexibility index (Phi) is 5.58. The molecule has 4 rings (SSSR count). The van der Waals surface area contributed by atoms with Crippen molar-refractivity contribution in [3.05, 3.63) is 65.7 Å². The number of carbonyl (C=O) groups excluding carboxylic acids is 1. The van der Waals surface area contributed by atoms with Gasteiger partial charge in [-0.25, -0.2) is 0 Å². The average Bonchev–Trinajstić information content (AvgIpc) is 3.42. The van der Waals surface area contributed by atoms with Crippen molar-refractivity contribution in [3.8, 4) is 11.3 Å². The third kappa shape index (κ3) is 4.17. The summed E-state index contributed by atoms with van der Waals surface area (Å²) >= 11 is 0. The van der Waals surface area contributed by atoms with Gasteiger partial charge in [0.05, 0.1) is 12.3 Å². The maximum absolute atomic E-state index is 12.6. The number of aromatic nitrogens is 1. The SMILES string of the molecule is Cc1ccc(-c2cc(C(=O)NCC(c3ccco3)N3CCCCC3)no2)cc1. The lowest BCUT2D eigenvalue weighted by atomic mass is 10.1. The van der Waals surface area contributed by atoms with Crippen LogP contribution < -0.4 is 5.32 Å². The van der Waals surface area contributed by atoms with Crippen molar-refractivity contribution < 1.29 is 13.7 Å². The first-order valence-electron chi connectivity index (χ1n) is 9.80. The molecule has 6 nitrogen and oxygen atoms in total. The van der Waals surface area contributed by atoms with Crippen molar-refractivity contribution in [2.75, 3.05) is 19.6 Å². The lowest BCUT2D eigenvalue weighted by molar-refractivity contribution is 0.0905. The zero-order valence-electron chi connectivity index (χ0n) is 16.1. The summed E-state index contributed by atoms with van der Waals surface area (Å²) in [7, 11) is 0. The molecule has 3 heterocycles. The third-order valence-corrected chi connectivity index (χ3v) is 5.24. The Bertz CT molecular complexity index is 894. The highest BCUT2D eigenvalue weighted by Gasteiger charge is 2.25. The van der Waals surface area contributed by atoms with E-state index in [1.165, 1.54) is 24.8 Å². The van der Waals surface area contributed by atoms with Crippen LogP contribution in [0.5, 0.6) is 0 Å². The first-order valence-corrected chi connectivity index (χ1v) is 9.80. The van der Waals surface area contributed by atoms with Gasteiger partial charge in [-0.3, -0.25) is 9.69 Å². The number of benzene rings is 1. The standard InChI is InChI=1S/C22H25N3O3/c1-16-7-9-17(10-8-16)21-14-18(24-28-21)22(26)23-15-19(20-6-5-13-27-20)25-11-3-2-4-12-25/h5-10,13-14,19H,2-4,11-12,15H2,1H3,(H,23,26). The van der Waals surface area contributed by atoms with Crippen LogP contribution in [0.2, 0.25) is 0 Å². The predicted octanol–water partition coefficient (Wildman–Crippen LogP) is 4.20. The van der Waals surface area contributed by atoms with Gasteiger partial charge in [0.15, 0.2) is 11.5 Å². The topological polar surface area (TPSA) is 71.5 Å². The summed E-state index contributed by atoms with van der Waals surface area (Å²) in [6.07, 6.45) is 5.29. The molecule has 1 aliphatic rings. The maximum Gasteiger partial charge on any atom is 0.273 e. The second kappa shape index (κ2) is 8.44. The molecule has 1 saturated heterocycles. The Balaban J connectivity index is 1.43. The van der Waals surface area contributed by atoms with E-state index in [2.05, 4.69) is 15.4 Å². The summed E-state index contributed by atoms with van der Waals surface area (Å²) in [6.45, 7) is 4.53. The molecule has 1 aromatic carbocycles. The quantitative estimate of drug-likeness (QED) is 0.695. The Morgan fingerprint density at radius 1 is 1.18 bits per heavy atom. The van der Waals surface area contributed by atoms with E-state index in [1.54, 1.807) is 12.3 Å². The predicted molar refractivity (Wildman–Crippen MR) is 106 cm³/mol. The van der Waals surface area contributed by atoms with Gasteiger partial charge in [0.1, 0.15) is 5.76 Å². The maximum atomic E-state index is 12.6. The molecule has 1 fully saturated rings. The van der Waals surface area contributed by atoms with Crippen LogP contribution in [0.3, 0.4) is 0 Å². The monoisotopic (exact) mass is 379 g/mol. The van der Waals surface area contributed by atoms with Crippen LogP contribution in [0.15, 0.2) is 57.7 Å². The van der Waals surface area contributed by atoms with Gasteiger partial charge in [-0.15, -0.1) is 0 Å². The zero-order valence-corrected chi connectivity index (χ0v) is 16.1.